The third kappa shape index (κ3) is 5.14. The van der Waals surface area contributed by atoms with Gasteiger partial charge in [-0.15, -0.1) is 0 Å². The Morgan fingerprint density at radius 1 is 1.11 bits per heavy atom. The molecule has 0 amide bonds. The van der Waals surface area contributed by atoms with Gasteiger partial charge in [-0.1, -0.05) is 32.3 Å². The number of nitrogens with one attached hydrogen (secondary N) is 1. The summed E-state index contributed by atoms with van der Waals surface area (Å²) in [5.41, 5.74) is 0.693. The molecule has 1 aromatic heterocycles. The molecule has 0 aliphatic carbocycles. The van der Waals surface area contributed by atoms with Gasteiger partial charge in [-0.05, 0) is 24.5 Å². The highest BCUT2D eigenvalue weighted by molar-refractivity contribution is 5.66. The van der Waals surface area contributed by atoms with Crippen LogP contribution in [0.3, 0.4) is 0 Å². The average Bonchev–Trinajstić information content (AvgIpc) is 3.16. The Morgan fingerprint density at radius 2 is 1.75 bits per heavy atom. The van der Waals surface area contributed by atoms with Gasteiger partial charge in [0.2, 0.25) is 17.5 Å². The molecule has 2 rings (SSSR count). The number of hydrogen-bond donors (Lipinski definition) is 2. The van der Waals surface area contributed by atoms with Crippen molar-refractivity contribution >= 4 is 0 Å². The first kappa shape index (κ1) is 22.0. The summed E-state index contributed by atoms with van der Waals surface area (Å²) in [6, 6.07) is 3.40. The number of methoxy groups -OCH3 is 3. The maximum absolute atomic E-state index is 10.0. The minimum Gasteiger partial charge on any atom is -0.493 e. The minimum absolute atomic E-state index is 0.158. The Balaban J connectivity index is 2.28. The van der Waals surface area contributed by atoms with Gasteiger partial charge in [0.15, 0.2) is 11.5 Å². The number of nitrogens with zero attached hydrogens (tertiary/aromatic N) is 2. The van der Waals surface area contributed by atoms with E-state index in [1.54, 1.807) is 33.5 Å². The van der Waals surface area contributed by atoms with E-state index >= 15 is 0 Å². The topological polar surface area (TPSA) is 98.9 Å². The summed E-state index contributed by atoms with van der Waals surface area (Å²) in [6.07, 6.45) is 1.28. The second-order valence-electron chi connectivity index (χ2n) is 6.94. The summed E-state index contributed by atoms with van der Waals surface area (Å²) >= 11 is 0. The number of benzene rings is 1. The SMILES string of the molecule is CCCC(O)CNC(c1nc(-c2cc(OC)c(OC)c(OC)c2)no1)C(C)C. The molecular weight excluding hydrogens is 362 g/mol. The molecule has 2 N–H and O–H groups in total. The van der Waals surface area contributed by atoms with Crippen LogP contribution in [-0.4, -0.2) is 49.2 Å². The minimum atomic E-state index is -0.399. The van der Waals surface area contributed by atoms with Crippen LogP contribution in [0.4, 0.5) is 0 Å². The van der Waals surface area contributed by atoms with Crippen LogP contribution in [0.15, 0.2) is 16.7 Å². The standard InChI is InChI=1S/C20H31N3O5/c1-7-8-14(24)11-21-17(12(2)3)20-22-19(23-28-20)13-9-15(25-4)18(27-6)16(10-13)26-5/h9-10,12,14,17,21,24H,7-8,11H2,1-6H3. The fourth-order valence-electron chi connectivity index (χ4n) is 3.00. The van der Waals surface area contributed by atoms with E-state index < -0.39 is 6.10 Å². The molecule has 2 atom stereocenters. The van der Waals surface area contributed by atoms with E-state index in [-0.39, 0.29) is 12.0 Å². The number of ether oxygens (including phenoxy) is 3. The Hall–Kier alpha value is -2.32. The number of rotatable bonds is 11. The molecular formula is C20H31N3O5. The quantitative estimate of drug-likeness (QED) is 0.600. The fraction of sp³-hybridized carbons (Fsp3) is 0.600. The van der Waals surface area contributed by atoms with Crippen molar-refractivity contribution in [3.8, 4) is 28.6 Å². The van der Waals surface area contributed by atoms with Crippen LogP contribution in [0.2, 0.25) is 0 Å². The van der Waals surface area contributed by atoms with Crippen molar-refractivity contribution in [1.82, 2.24) is 15.5 Å². The molecule has 8 heteroatoms. The predicted molar refractivity (Wildman–Crippen MR) is 106 cm³/mol. The van der Waals surface area contributed by atoms with Crippen molar-refractivity contribution in [2.75, 3.05) is 27.9 Å². The summed E-state index contributed by atoms with van der Waals surface area (Å²) in [6.45, 7) is 6.64. The van der Waals surface area contributed by atoms with Crippen molar-refractivity contribution in [3.63, 3.8) is 0 Å². The molecule has 0 aliphatic heterocycles. The van der Waals surface area contributed by atoms with Crippen LogP contribution in [0, 0.1) is 5.92 Å². The lowest BCUT2D eigenvalue weighted by Crippen LogP contribution is -2.33. The monoisotopic (exact) mass is 393 g/mol. The molecule has 8 nitrogen and oxygen atoms in total. The summed E-state index contributed by atoms with van der Waals surface area (Å²) in [4.78, 5) is 4.56. The fourth-order valence-corrected chi connectivity index (χ4v) is 3.00. The largest absolute Gasteiger partial charge is 0.493 e. The Bertz CT molecular complexity index is 722. The molecule has 0 bridgehead atoms. The van der Waals surface area contributed by atoms with Crippen LogP contribution >= 0.6 is 0 Å². The Labute approximate surface area is 166 Å². The number of aliphatic hydroxyl groups is 1. The van der Waals surface area contributed by atoms with Gasteiger partial charge in [0, 0.05) is 12.1 Å². The van der Waals surface area contributed by atoms with E-state index in [0.717, 1.165) is 12.8 Å². The smallest absolute Gasteiger partial charge is 0.244 e. The molecule has 28 heavy (non-hydrogen) atoms. The Morgan fingerprint density at radius 3 is 2.25 bits per heavy atom. The highest BCUT2D eigenvalue weighted by Gasteiger charge is 2.24. The first-order valence-corrected chi connectivity index (χ1v) is 9.50. The zero-order valence-corrected chi connectivity index (χ0v) is 17.5. The van der Waals surface area contributed by atoms with Gasteiger partial charge in [-0.3, -0.25) is 0 Å². The lowest BCUT2D eigenvalue weighted by atomic mass is 10.0. The van der Waals surface area contributed by atoms with Gasteiger partial charge in [0.25, 0.3) is 0 Å². The third-order valence-corrected chi connectivity index (χ3v) is 4.49. The van der Waals surface area contributed by atoms with Crippen molar-refractivity contribution in [2.24, 2.45) is 5.92 Å². The number of aliphatic hydroxyl groups excluding tert-OH is 1. The number of aromatic nitrogens is 2. The summed E-state index contributed by atoms with van der Waals surface area (Å²) < 4.78 is 21.7. The Kier molecular flexibility index (Phi) is 8.07. The van der Waals surface area contributed by atoms with Gasteiger partial charge >= 0.3 is 0 Å². The normalized spacial score (nSPS) is 13.4. The van der Waals surface area contributed by atoms with Gasteiger partial charge in [0.1, 0.15) is 0 Å². The van der Waals surface area contributed by atoms with E-state index in [2.05, 4.69) is 29.3 Å². The van der Waals surface area contributed by atoms with Crippen LogP contribution in [-0.2, 0) is 0 Å². The zero-order valence-electron chi connectivity index (χ0n) is 17.5. The molecule has 1 aromatic carbocycles. The van der Waals surface area contributed by atoms with Gasteiger partial charge in [-0.25, -0.2) is 0 Å². The summed E-state index contributed by atoms with van der Waals surface area (Å²) in [7, 11) is 4.67. The zero-order chi connectivity index (χ0) is 20.7. The molecule has 2 unspecified atom stereocenters. The second-order valence-corrected chi connectivity index (χ2v) is 6.94. The number of hydrogen-bond acceptors (Lipinski definition) is 8. The molecule has 0 radical (unpaired) electrons. The van der Waals surface area contributed by atoms with Gasteiger partial charge < -0.3 is 29.2 Å². The van der Waals surface area contributed by atoms with Crippen molar-refractivity contribution < 1.29 is 23.8 Å². The van der Waals surface area contributed by atoms with E-state index in [1.807, 2.05) is 6.92 Å². The lowest BCUT2D eigenvalue weighted by molar-refractivity contribution is 0.148. The average molecular weight is 393 g/mol. The summed E-state index contributed by atoms with van der Waals surface area (Å²) in [5, 5.41) is 17.5. The van der Waals surface area contributed by atoms with Crippen LogP contribution in [0.1, 0.15) is 45.5 Å². The van der Waals surface area contributed by atoms with Crippen molar-refractivity contribution in [1.29, 1.82) is 0 Å². The molecule has 0 spiro atoms. The summed E-state index contributed by atoms with van der Waals surface area (Å²) in [5.74, 6) is 2.65. The molecule has 0 saturated carbocycles. The van der Waals surface area contributed by atoms with Crippen LogP contribution in [0.25, 0.3) is 11.4 Å². The molecule has 0 saturated heterocycles. The van der Waals surface area contributed by atoms with Gasteiger partial charge in [0.05, 0.1) is 33.5 Å². The molecule has 156 valence electrons. The molecule has 2 aromatic rings. The molecule has 0 aliphatic rings. The first-order chi connectivity index (χ1) is 13.4. The van der Waals surface area contributed by atoms with Crippen molar-refractivity contribution in [3.05, 3.63) is 18.0 Å². The van der Waals surface area contributed by atoms with E-state index in [1.165, 1.54) is 0 Å². The maximum Gasteiger partial charge on any atom is 0.244 e. The van der Waals surface area contributed by atoms with Crippen LogP contribution < -0.4 is 19.5 Å². The van der Waals surface area contributed by atoms with E-state index in [9.17, 15) is 5.11 Å². The molecule has 1 heterocycles. The molecule has 0 fully saturated rings. The van der Waals surface area contributed by atoms with Crippen molar-refractivity contribution in [2.45, 2.75) is 45.8 Å². The predicted octanol–water partition coefficient (Wildman–Crippen LogP) is 3.21. The maximum atomic E-state index is 10.0. The second kappa shape index (κ2) is 10.3. The van der Waals surface area contributed by atoms with E-state index in [4.69, 9.17) is 18.7 Å². The van der Waals surface area contributed by atoms with Gasteiger partial charge in [-0.2, -0.15) is 4.98 Å². The third-order valence-electron chi connectivity index (χ3n) is 4.49. The highest BCUT2D eigenvalue weighted by Crippen LogP contribution is 2.40. The first-order valence-electron chi connectivity index (χ1n) is 9.50. The van der Waals surface area contributed by atoms with E-state index in [0.29, 0.717) is 41.1 Å². The highest BCUT2D eigenvalue weighted by atomic mass is 16.5. The lowest BCUT2D eigenvalue weighted by Gasteiger charge is -2.20. The van der Waals surface area contributed by atoms with Crippen LogP contribution in [0.5, 0.6) is 17.2 Å².